The van der Waals surface area contributed by atoms with Gasteiger partial charge in [0.25, 0.3) is 0 Å². The van der Waals surface area contributed by atoms with E-state index in [1.165, 1.54) is 56.6 Å². The van der Waals surface area contributed by atoms with Crippen LogP contribution in [0.4, 0.5) is 18.9 Å². The number of hydrogen-bond acceptors (Lipinski definition) is 5. The maximum atomic E-state index is 12.3. The van der Waals surface area contributed by atoms with Crippen molar-refractivity contribution in [1.29, 1.82) is 0 Å². The first kappa shape index (κ1) is 23.6. The van der Waals surface area contributed by atoms with Crippen molar-refractivity contribution in [2.45, 2.75) is 17.8 Å². The molecule has 11 heteroatoms. The molecule has 2 aromatic carbocycles. The van der Waals surface area contributed by atoms with Gasteiger partial charge in [-0.2, -0.15) is 0 Å². The van der Waals surface area contributed by atoms with Crippen LogP contribution in [0.1, 0.15) is 5.56 Å². The molecule has 0 aliphatic heterocycles. The van der Waals surface area contributed by atoms with Crippen LogP contribution in [-0.2, 0) is 21.4 Å². The molecule has 2 rings (SSSR count). The fourth-order valence-corrected chi connectivity index (χ4v) is 3.50. The number of alkyl halides is 3. The number of nitrogens with zero attached hydrogens (tertiary/aromatic N) is 2. The Kier molecular flexibility index (Phi) is 7.45. The number of carbonyl (C=O) groups is 1. The minimum absolute atomic E-state index is 0.00847. The number of ether oxygens (including phenoxy) is 1. The molecule has 0 saturated carbocycles. The van der Waals surface area contributed by atoms with Crippen LogP contribution in [0.15, 0.2) is 53.4 Å². The van der Waals surface area contributed by atoms with Crippen molar-refractivity contribution in [1.82, 2.24) is 9.21 Å². The van der Waals surface area contributed by atoms with Crippen molar-refractivity contribution in [3.63, 3.8) is 0 Å². The maximum absolute atomic E-state index is 12.3. The van der Waals surface area contributed by atoms with Gasteiger partial charge in [0.1, 0.15) is 5.75 Å². The van der Waals surface area contributed by atoms with E-state index in [1.54, 1.807) is 18.0 Å². The van der Waals surface area contributed by atoms with E-state index in [-0.39, 0.29) is 23.1 Å². The number of benzene rings is 2. The summed E-state index contributed by atoms with van der Waals surface area (Å²) in [5, 5.41) is 2.64. The molecule has 1 amide bonds. The second kappa shape index (κ2) is 9.45. The van der Waals surface area contributed by atoms with Crippen molar-refractivity contribution in [3.8, 4) is 5.75 Å². The zero-order valence-corrected chi connectivity index (χ0v) is 17.4. The van der Waals surface area contributed by atoms with E-state index in [0.717, 1.165) is 4.31 Å². The molecule has 0 aliphatic carbocycles. The third kappa shape index (κ3) is 7.01. The normalized spacial score (nSPS) is 12.3. The van der Waals surface area contributed by atoms with Crippen molar-refractivity contribution in [3.05, 3.63) is 54.1 Å². The van der Waals surface area contributed by atoms with Crippen LogP contribution < -0.4 is 10.1 Å². The summed E-state index contributed by atoms with van der Waals surface area (Å²) < 4.78 is 65.8. The molecule has 0 radical (unpaired) electrons. The highest BCUT2D eigenvalue weighted by Gasteiger charge is 2.31. The minimum atomic E-state index is -4.75. The molecule has 7 nitrogen and oxygen atoms in total. The Morgan fingerprint density at radius 2 is 1.70 bits per heavy atom. The first-order valence-electron chi connectivity index (χ1n) is 8.72. The third-order valence-electron chi connectivity index (χ3n) is 3.92. The van der Waals surface area contributed by atoms with Gasteiger partial charge in [-0.05, 0) is 42.9 Å². The van der Waals surface area contributed by atoms with Crippen LogP contribution in [0.25, 0.3) is 0 Å². The van der Waals surface area contributed by atoms with Gasteiger partial charge in [0, 0.05) is 26.3 Å². The largest absolute Gasteiger partial charge is 0.573 e. The lowest BCUT2D eigenvalue weighted by Gasteiger charge is -2.17. The molecule has 0 heterocycles. The van der Waals surface area contributed by atoms with Crippen molar-refractivity contribution in [2.75, 3.05) is 33.0 Å². The zero-order valence-electron chi connectivity index (χ0n) is 16.6. The summed E-state index contributed by atoms with van der Waals surface area (Å²) in [6, 6.07) is 11.3. The molecule has 0 aromatic heterocycles. The molecule has 0 saturated heterocycles. The maximum Gasteiger partial charge on any atom is 0.573 e. The van der Waals surface area contributed by atoms with Crippen molar-refractivity contribution < 1.29 is 31.1 Å². The molecule has 1 N–H and O–H groups in total. The number of anilines is 1. The predicted molar refractivity (Wildman–Crippen MR) is 105 cm³/mol. The van der Waals surface area contributed by atoms with Gasteiger partial charge in [0.15, 0.2) is 0 Å². The number of carbonyl (C=O) groups excluding carboxylic acids is 1. The molecular weight excluding hydrogens is 423 g/mol. The van der Waals surface area contributed by atoms with Gasteiger partial charge in [0.05, 0.1) is 11.4 Å². The number of likely N-dealkylation sites (N-methyl/N-ethyl adjacent to an activating group) is 1. The van der Waals surface area contributed by atoms with Gasteiger partial charge in [-0.3, -0.25) is 9.69 Å². The smallest absolute Gasteiger partial charge is 0.406 e. The summed E-state index contributed by atoms with van der Waals surface area (Å²) in [5.41, 5.74) is 1.03. The molecule has 0 atom stereocenters. The average Bonchev–Trinajstić information content (AvgIpc) is 2.62. The Hall–Kier alpha value is -2.63. The molecule has 164 valence electrons. The topological polar surface area (TPSA) is 79.0 Å². The lowest BCUT2D eigenvalue weighted by Crippen LogP contribution is -2.30. The van der Waals surface area contributed by atoms with Crippen molar-refractivity contribution >= 4 is 21.6 Å². The van der Waals surface area contributed by atoms with Crippen LogP contribution in [0.5, 0.6) is 5.75 Å². The second-order valence-corrected chi connectivity index (χ2v) is 8.88. The Morgan fingerprint density at radius 1 is 1.07 bits per heavy atom. The Morgan fingerprint density at radius 3 is 2.27 bits per heavy atom. The van der Waals surface area contributed by atoms with Gasteiger partial charge in [-0.25, -0.2) is 12.7 Å². The monoisotopic (exact) mass is 445 g/mol. The van der Waals surface area contributed by atoms with Crippen LogP contribution in [0.2, 0.25) is 0 Å². The summed E-state index contributed by atoms with van der Waals surface area (Å²) >= 11 is 0. The van der Waals surface area contributed by atoms with Crippen LogP contribution in [0, 0.1) is 0 Å². The number of sulfonamides is 1. The molecule has 0 fully saturated rings. The van der Waals surface area contributed by atoms with E-state index in [4.69, 9.17) is 0 Å². The number of hydrogen-bond donors (Lipinski definition) is 1. The Balaban J connectivity index is 1.94. The van der Waals surface area contributed by atoms with Crippen LogP contribution in [-0.4, -0.2) is 57.6 Å². The highest BCUT2D eigenvalue weighted by molar-refractivity contribution is 7.89. The molecular formula is C19H22F3N3O4S. The van der Waals surface area contributed by atoms with E-state index in [9.17, 15) is 26.4 Å². The summed E-state index contributed by atoms with van der Waals surface area (Å²) in [5.74, 6) is -0.687. The van der Waals surface area contributed by atoms with Crippen molar-refractivity contribution in [2.24, 2.45) is 0 Å². The van der Waals surface area contributed by atoms with Gasteiger partial charge in [-0.1, -0.05) is 18.2 Å². The van der Waals surface area contributed by atoms with E-state index in [0.29, 0.717) is 17.8 Å². The summed E-state index contributed by atoms with van der Waals surface area (Å²) in [4.78, 5) is 14.0. The van der Waals surface area contributed by atoms with Gasteiger partial charge >= 0.3 is 6.36 Å². The Bertz CT molecular complexity index is 977. The summed E-state index contributed by atoms with van der Waals surface area (Å²) in [6.07, 6.45) is -4.75. The first-order valence-corrected chi connectivity index (χ1v) is 10.2. The first-order chi connectivity index (χ1) is 13.9. The number of halogens is 3. The SMILES string of the molecule is CN(CC(=O)Nc1cccc(S(=O)(=O)N(C)C)c1)Cc1ccc(OC(F)(F)F)cc1. The highest BCUT2D eigenvalue weighted by atomic mass is 32.2. The van der Waals surface area contributed by atoms with E-state index in [2.05, 4.69) is 10.1 Å². The van der Waals surface area contributed by atoms with E-state index >= 15 is 0 Å². The van der Waals surface area contributed by atoms with Crippen LogP contribution >= 0.6 is 0 Å². The second-order valence-electron chi connectivity index (χ2n) is 6.73. The quantitative estimate of drug-likeness (QED) is 0.676. The molecule has 0 unspecified atom stereocenters. The third-order valence-corrected chi connectivity index (χ3v) is 5.73. The summed E-state index contributed by atoms with van der Waals surface area (Å²) in [7, 11) is 0.878. The molecule has 0 aliphatic rings. The predicted octanol–water partition coefficient (Wildman–Crippen LogP) is 2.91. The summed E-state index contributed by atoms with van der Waals surface area (Å²) in [6.45, 7) is 0.306. The fourth-order valence-electron chi connectivity index (χ4n) is 2.55. The van der Waals surface area contributed by atoms with Gasteiger partial charge < -0.3 is 10.1 Å². The molecule has 0 bridgehead atoms. The average molecular weight is 445 g/mol. The lowest BCUT2D eigenvalue weighted by molar-refractivity contribution is -0.274. The van der Waals surface area contributed by atoms with Gasteiger partial charge in [0.2, 0.25) is 15.9 Å². The lowest BCUT2D eigenvalue weighted by atomic mass is 10.2. The zero-order chi connectivity index (χ0) is 22.5. The minimum Gasteiger partial charge on any atom is -0.406 e. The van der Waals surface area contributed by atoms with Crippen LogP contribution in [0.3, 0.4) is 0 Å². The van der Waals surface area contributed by atoms with E-state index < -0.39 is 16.4 Å². The number of nitrogens with one attached hydrogen (secondary N) is 1. The number of amides is 1. The highest BCUT2D eigenvalue weighted by Crippen LogP contribution is 2.23. The van der Waals surface area contributed by atoms with Gasteiger partial charge in [-0.15, -0.1) is 13.2 Å². The molecule has 0 spiro atoms. The number of rotatable bonds is 8. The molecule has 2 aromatic rings. The fraction of sp³-hybridized carbons (Fsp3) is 0.316. The van der Waals surface area contributed by atoms with E-state index in [1.807, 2.05) is 0 Å². The Labute approximate surface area is 173 Å². The molecule has 30 heavy (non-hydrogen) atoms. The standard InChI is InChI=1S/C19H22F3N3O4S/c1-24(2)30(27,28)17-6-4-5-15(11-17)23-18(26)13-25(3)12-14-7-9-16(10-8-14)29-19(20,21)22/h4-11H,12-13H2,1-3H3,(H,23,26).